The molecule has 8 nitrogen and oxygen atoms in total. The third kappa shape index (κ3) is 5.39. The van der Waals surface area contributed by atoms with Crippen molar-refractivity contribution in [1.82, 2.24) is 14.7 Å². The minimum absolute atomic E-state index is 0.207. The SMILES string of the molecule is O=C(Nc1ccc(C(=O)NCCOc2ccccc2)cc1)Nc1ccc2nccn2c1. The summed E-state index contributed by atoms with van der Waals surface area (Å²) < 4.78 is 7.36. The molecule has 2 heterocycles. The fourth-order valence-corrected chi connectivity index (χ4v) is 2.94. The van der Waals surface area contributed by atoms with E-state index in [4.69, 9.17) is 4.74 Å². The van der Waals surface area contributed by atoms with Crippen LogP contribution in [0.2, 0.25) is 0 Å². The number of aromatic nitrogens is 2. The van der Waals surface area contributed by atoms with E-state index >= 15 is 0 Å². The molecule has 8 heteroatoms. The summed E-state index contributed by atoms with van der Waals surface area (Å²) in [7, 11) is 0. The van der Waals surface area contributed by atoms with Crippen molar-refractivity contribution in [2.24, 2.45) is 0 Å². The van der Waals surface area contributed by atoms with Crippen LogP contribution in [-0.2, 0) is 0 Å². The molecule has 0 aliphatic carbocycles. The number of rotatable bonds is 7. The molecule has 3 amide bonds. The van der Waals surface area contributed by atoms with Crippen molar-refractivity contribution in [1.29, 1.82) is 0 Å². The maximum atomic E-state index is 12.2. The van der Waals surface area contributed by atoms with Crippen LogP contribution in [0.15, 0.2) is 85.3 Å². The number of carbonyl (C=O) groups is 2. The minimum Gasteiger partial charge on any atom is -0.492 e. The van der Waals surface area contributed by atoms with Crippen LogP contribution in [0.4, 0.5) is 16.2 Å². The predicted octanol–water partition coefficient (Wildman–Crippen LogP) is 3.79. The van der Waals surface area contributed by atoms with Crippen LogP contribution < -0.4 is 20.7 Å². The Balaban J connectivity index is 1.24. The molecule has 0 spiro atoms. The molecule has 2 aromatic carbocycles. The van der Waals surface area contributed by atoms with E-state index in [0.717, 1.165) is 11.4 Å². The topological polar surface area (TPSA) is 96.8 Å². The lowest BCUT2D eigenvalue weighted by Gasteiger charge is -2.10. The number of hydrogen-bond acceptors (Lipinski definition) is 4. The van der Waals surface area contributed by atoms with E-state index < -0.39 is 0 Å². The second-order valence-corrected chi connectivity index (χ2v) is 6.68. The second-order valence-electron chi connectivity index (χ2n) is 6.68. The zero-order valence-electron chi connectivity index (χ0n) is 16.6. The highest BCUT2D eigenvalue weighted by Crippen LogP contribution is 2.13. The van der Waals surface area contributed by atoms with Gasteiger partial charge in [-0.2, -0.15) is 0 Å². The van der Waals surface area contributed by atoms with E-state index in [1.807, 2.05) is 40.8 Å². The molecular weight excluding hydrogens is 394 g/mol. The Morgan fingerprint density at radius 3 is 2.45 bits per heavy atom. The van der Waals surface area contributed by atoms with Crippen LogP contribution in [0, 0.1) is 0 Å². The summed E-state index contributed by atoms with van der Waals surface area (Å²) in [5.74, 6) is 0.552. The number of para-hydroxylation sites is 1. The second kappa shape index (κ2) is 9.45. The van der Waals surface area contributed by atoms with Gasteiger partial charge in [0.2, 0.25) is 0 Å². The molecule has 3 N–H and O–H groups in total. The summed E-state index contributed by atoms with van der Waals surface area (Å²) in [5.41, 5.74) is 2.50. The zero-order valence-corrected chi connectivity index (χ0v) is 16.6. The average molecular weight is 415 g/mol. The molecule has 0 radical (unpaired) electrons. The number of anilines is 2. The van der Waals surface area contributed by atoms with Gasteiger partial charge in [0, 0.05) is 29.8 Å². The Hall–Kier alpha value is -4.33. The van der Waals surface area contributed by atoms with Crippen molar-refractivity contribution < 1.29 is 14.3 Å². The van der Waals surface area contributed by atoms with Crippen molar-refractivity contribution in [3.63, 3.8) is 0 Å². The molecule has 2 aromatic heterocycles. The third-order valence-corrected chi connectivity index (χ3v) is 4.45. The molecule has 0 fully saturated rings. The largest absolute Gasteiger partial charge is 0.492 e. The van der Waals surface area contributed by atoms with Crippen LogP contribution in [0.1, 0.15) is 10.4 Å². The average Bonchev–Trinajstić information content (AvgIpc) is 3.25. The van der Waals surface area contributed by atoms with Crippen LogP contribution in [0.5, 0.6) is 5.75 Å². The van der Waals surface area contributed by atoms with Crippen LogP contribution >= 0.6 is 0 Å². The first-order valence-electron chi connectivity index (χ1n) is 9.74. The lowest BCUT2D eigenvalue weighted by atomic mass is 10.2. The van der Waals surface area contributed by atoms with Crippen LogP contribution in [0.3, 0.4) is 0 Å². The number of nitrogens with zero attached hydrogens (tertiary/aromatic N) is 2. The third-order valence-electron chi connectivity index (χ3n) is 4.45. The maximum Gasteiger partial charge on any atom is 0.323 e. The molecule has 0 saturated heterocycles. The fraction of sp³-hybridized carbons (Fsp3) is 0.0870. The molecule has 4 rings (SSSR count). The molecule has 4 aromatic rings. The number of benzene rings is 2. The molecule has 0 saturated carbocycles. The summed E-state index contributed by atoms with van der Waals surface area (Å²) in [6.45, 7) is 0.762. The zero-order chi connectivity index (χ0) is 21.5. The first-order chi connectivity index (χ1) is 15.2. The van der Waals surface area contributed by atoms with Crippen molar-refractivity contribution in [3.8, 4) is 5.75 Å². The number of hydrogen-bond donors (Lipinski definition) is 3. The predicted molar refractivity (Wildman–Crippen MR) is 119 cm³/mol. The standard InChI is InChI=1S/C23H21N5O3/c29-22(25-13-15-31-20-4-2-1-3-5-20)17-6-8-18(9-7-17)26-23(30)27-19-10-11-21-24-12-14-28(21)16-19/h1-12,14,16H,13,15H2,(H,25,29)(H2,26,27,30). The van der Waals surface area contributed by atoms with E-state index in [2.05, 4.69) is 20.9 Å². The van der Waals surface area contributed by atoms with Crippen LogP contribution in [0.25, 0.3) is 5.65 Å². The molecule has 0 aliphatic heterocycles. The van der Waals surface area contributed by atoms with Crippen molar-refractivity contribution >= 4 is 29.0 Å². The van der Waals surface area contributed by atoms with Crippen molar-refractivity contribution in [2.75, 3.05) is 23.8 Å². The lowest BCUT2D eigenvalue weighted by molar-refractivity contribution is 0.0947. The Morgan fingerprint density at radius 1 is 0.903 bits per heavy atom. The molecule has 0 aliphatic rings. The van der Waals surface area contributed by atoms with Crippen molar-refractivity contribution in [3.05, 3.63) is 90.9 Å². The maximum absolute atomic E-state index is 12.2. The van der Waals surface area contributed by atoms with E-state index in [0.29, 0.717) is 30.1 Å². The van der Waals surface area contributed by atoms with Gasteiger partial charge in [-0.1, -0.05) is 18.2 Å². The Bertz CT molecular complexity index is 1170. The number of imidazole rings is 1. The normalized spacial score (nSPS) is 10.5. The highest BCUT2D eigenvalue weighted by atomic mass is 16.5. The number of pyridine rings is 1. The summed E-state index contributed by atoms with van der Waals surface area (Å²) >= 11 is 0. The van der Waals surface area contributed by atoms with Gasteiger partial charge in [-0.3, -0.25) is 4.79 Å². The van der Waals surface area contributed by atoms with Gasteiger partial charge in [0.25, 0.3) is 5.91 Å². The Kier molecular flexibility index (Phi) is 6.08. The van der Waals surface area contributed by atoms with E-state index in [1.165, 1.54) is 0 Å². The number of fused-ring (bicyclic) bond motifs is 1. The van der Waals surface area contributed by atoms with E-state index in [1.54, 1.807) is 48.9 Å². The smallest absolute Gasteiger partial charge is 0.323 e. The van der Waals surface area contributed by atoms with Gasteiger partial charge in [0.1, 0.15) is 18.0 Å². The number of ether oxygens (including phenoxy) is 1. The van der Waals surface area contributed by atoms with Gasteiger partial charge in [-0.15, -0.1) is 0 Å². The van der Waals surface area contributed by atoms with E-state index in [9.17, 15) is 9.59 Å². The van der Waals surface area contributed by atoms with Gasteiger partial charge in [0.05, 0.1) is 12.2 Å². The highest BCUT2D eigenvalue weighted by Gasteiger charge is 2.07. The molecular formula is C23H21N5O3. The fourth-order valence-electron chi connectivity index (χ4n) is 2.94. The van der Waals surface area contributed by atoms with Gasteiger partial charge in [0.15, 0.2) is 0 Å². The van der Waals surface area contributed by atoms with E-state index in [-0.39, 0.29) is 11.9 Å². The molecule has 0 unspecified atom stereocenters. The number of nitrogens with one attached hydrogen (secondary N) is 3. The highest BCUT2D eigenvalue weighted by molar-refractivity contribution is 6.00. The van der Waals surface area contributed by atoms with Crippen molar-refractivity contribution in [2.45, 2.75) is 0 Å². The van der Waals surface area contributed by atoms with Gasteiger partial charge in [-0.05, 0) is 48.5 Å². The Morgan fingerprint density at radius 2 is 1.65 bits per heavy atom. The number of amides is 3. The first kappa shape index (κ1) is 20.0. The number of urea groups is 1. The van der Waals surface area contributed by atoms with Gasteiger partial charge >= 0.3 is 6.03 Å². The molecule has 0 bridgehead atoms. The number of carbonyl (C=O) groups excluding carboxylic acids is 2. The van der Waals surface area contributed by atoms with Gasteiger partial charge < -0.3 is 25.1 Å². The Labute approximate surface area is 178 Å². The molecule has 156 valence electrons. The summed E-state index contributed by atoms with van der Waals surface area (Å²) in [6, 6.07) is 19.3. The van der Waals surface area contributed by atoms with Crippen LogP contribution in [-0.4, -0.2) is 34.5 Å². The summed E-state index contributed by atoms with van der Waals surface area (Å²) in [5, 5.41) is 8.31. The minimum atomic E-state index is -0.380. The summed E-state index contributed by atoms with van der Waals surface area (Å²) in [6.07, 6.45) is 5.26. The molecule has 31 heavy (non-hydrogen) atoms. The molecule has 0 atom stereocenters. The summed E-state index contributed by atoms with van der Waals surface area (Å²) in [4.78, 5) is 28.6. The first-order valence-corrected chi connectivity index (χ1v) is 9.74. The lowest BCUT2D eigenvalue weighted by Crippen LogP contribution is -2.28. The van der Waals surface area contributed by atoms with Gasteiger partial charge in [-0.25, -0.2) is 9.78 Å². The quantitative estimate of drug-likeness (QED) is 0.400. The monoisotopic (exact) mass is 415 g/mol.